The van der Waals surface area contributed by atoms with E-state index in [4.69, 9.17) is 4.42 Å². The zero-order valence-electron chi connectivity index (χ0n) is 27.8. The van der Waals surface area contributed by atoms with Crippen molar-refractivity contribution in [1.29, 1.82) is 0 Å². The van der Waals surface area contributed by atoms with E-state index in [1.165, 1.54) is 55.6 Å². The van der Waals surface area contributed by atoms with E-state index < -0.39 is 5.41 Å². The third-order valence-electron chi connectivity index (χ3n) is 11.1. The number of para-hydroxylation sites is 3. The van der Waals surface area contributed by atoms with Gasteiger partial charge in [-0.2, -0.15) is 0 Å². The Bertz CT molecular complexity index is 2770. The lowest BCUT2D eigenvalue weighted by Crippen LogP contribution is -2.29. The molecule has 1 unspecified atom stereocenters. The Morgan fingerprint density at radius 2 is 0.824 bits per heavy atom. The van der Waals surface area contributed by atoms with Crippen molar-refractivity contribution in [2.75, 3.05) is 4.90 Å². The van der Waals surface area contributed by atoms with Crippen molar-refractivity contribution in [3.05, 3.63) is 210 Å². The fraction of sp³-hybridized carbons (Fsp3) is 0.0204. The maximum Gasteiger partial charge on any atom is 0.135 e. The largest absolute Gasteiger partial charge is 0.456 e. The molecule has 9 aromatic rings. The summed E-state index contributed by atoms with van der Waals surface area (Å²) >= 11 is 0. The summed E-state index contributed by atoms with van der Waals surface area (Å²) in [5.74, 6) is 0. The highest BCUT2D eigenvalue weighted by Crippen LogP contribution is 2.62. The highest BCUT2D eigenvalue weighted by molar-refractivity contribution is 6.09. The zero-order valence-corrected chi connectivity index (χ0v) is 27.8. The Balaban J connectivity index is 1.31. The number of nitrogens with zero attached hydrogens (tertiary/aromatic N) is 1. The van der Waals surface area contributed by atoms with E-state index in [1.54, 1.807) is 0 Å². The summed E-state index contributed by atoms with van der Waals surface area (Å²) in [5, 5.41) is 2.29. The number of anilines is 3. The first kappa shape index (κ1) is 28.2. The van der Waals surface area contributed by atoms with Crippen LogP contribution in [0.1, 0.15) is 22.3 Å². The average molecular weight is 650 g/mol. The summed E-state index contributed by atoms with van der Waals surface area (Å²) < 4.78 is 6.65. The minimum absolute atomic E-state index is 0.626. The molecule has 1 atom stereocenters. The Hall–Kier alpha value is -6.64. The highest BCUT2D eigenvalue weighted by atomic mass is 16.3. The minimum atomic E-state index is -0.626. The molecule has 0 N–H and O–H groups in total. The molecule has 51 heavy (non-hydrogen) atoms. The molecule has 0 radical (unpaired) electrons. The van der Waals surface area contributed by atoms with Gasteiger partial charge in [0.2, 0.25) is 0 Å². The first-order valence-electron chi connectivity index (χ1n) is 17.6. The summed E-state index contributed by atoms with van der Waals surface area (Å²) in [6.07, 6.45) is 0. The zero-order chi connectivity index (χ0) is 33.5. The molecule has 1 aromatic heterocycles. The molecular weight excluding hydrogens is 619 g/mol. The molecule has 0 bridgehead atoms. The maximum absolute atomic E-state index is 6.65. The molecule has 2 nitrogen and oxygen atoms in total. The first-order valence-corrected chi connectivity index (χ1v) is 17.6. The standard InChI is InChI=1S/C49H31NO/c1-3-15-32(16-4-1)50(33-17-5-2-6-18-33)34-27-28-39-36-20-8-7-19-35(36)37-21-9-12-24-43(37)49(45(39)29-34)44-25-13-10-22-38(44)41-30-42-40-23-11-14-26-47(40)51-48(42)31-46(41)49/h1-31H. The van der Waals surface area contributed by atoms with Gasteiger partial charge in [-0.1, -0.05) is 133 Å². The maximum atomic E-state index is 6.65. The SMILES string of the molecule is c1ccc(N(c2ccccc2)c2ccc3c(c2)C2(c4ccccc4-c4ccccc4-3)c3ccccc3-c3cc4c(cc32)oc2ccccc24)cc1. The third kappa shape index (κ3) is 3.87. The van der Waals surface area contributed by atoms with Crippen LogP contribution in [0.25, 0.3) is 55.3 Å². The van der Waals surface area contributed by atoms with Crippen LogP contribution in [0.5, 0.6) is 0 Å². The van der Waals surface area contributed by atoms with E-state index in [2.05, 4.69) is 193 Å². The lowest BCUT2D eigenvalue weighted by Gasteiger charge is -2.36. The van der Waals surface area contributed by atoms with Gasteiger partial charge in [0.1, 0.15) is 11.2 Å². The Kier molecular flexibility index (Phi) is 5.91. The summed E-state index contributed by atoms with van der Waals surface area (Å²) in [5.41, 5.74) is 17.1. The molecule has 2 aliphatic rings. The molecule has 0 fully saturated rings. The van der Waals surface area contributed by atoms with Crippen LogP contribution < -0.4 is 4.90 Å². The van der Waals surface area contributed by atoms with Crippen molar-refractivity contribution in [1.82, 2.24) is 0 Å². The van der Waals surface area contributed by atoms with E-state index in [9.17, 15) is 0 Å². The smallest absolute Gasteiger partial charge is 0.135 e. The van der Waals surface area contributed by atoms with Gasteiger partial charge in [-0.25, -0.2) is 0 Å². The van der Waals surface area contributed by atoms with Gasteiger partial charge in [0.25, 0.3) is 0 Å². The van der Waals surface area contributed by atoms with Gasteiger partial charge in [0, 0.05) is 27.8 Å². The molecule has 2 heteroatoms. The summed E-state index contributed by atoms with van der Waals surface area (Å²) in [6, 6.07) is 68.7. The van der Waals surface area contributed by atoms with E-state index in [0.717, 1.165) is 39.0 Å². The molecule has 0 saturated heterocycles. The van der Waals surface area contributed by atoms with Crippen molar-refractivity contribution >= 4 is 39.0 Å². The van der Waals surface area contributed by atoms with Crippen molar-refractivity contribution in [3.63, 3.8) is 0 Å². The summed E-state index contributed by atoms with van der Waals surface area (Å²) in [4.78, 5) is 2.38. The topological polar surface area (TPSA) is 16.4 Å². The number of hydrogen-bond acceptors (Lipinski definition) is 2. The molecule has 0 saturated carbocycles. The van der Waals surface area contributed by atoms with Crippen molar-refractivity contribution in [3.8, 4) is 33.4 Å². The summed E-state index contributed by atoms with van der Waals surface area (Å²) in [6.45, 7) is 0. The molecule has 0 aliphatic heterocycles. The molecule has 8 aromatic carbocycles. The molecule has 1 heterocycles. The molecule has 0 amide bonds. The second-order valence-electron chi connectivity index (χ2n) is 13.6. The molecule has 238 valence electrons. The molecule has 11 rings (SSSR count). The first-order chi connectivity index (χ1) is 25.3. The van der Waals surface area contributed by atoms with E-state index in [1.807, 2.05) is 0 Å². The van der Waals surface area contributed by atoms with Crippen molar-refractivity contribution in [2.45, 2.75) is 5.41 Å². The van der Waals surface area contributed by atoms with E-state index in [-0.39, 0.29) is 0 Å². The van der Waals surface area contributed by atoms with Gasteiger partial charge in [0.05, 0.1) is 5.41 Å². The fourth-order valence-corrected chi connectivity index (χ4v) is 9.04. The van der Waals surface area contributed by atoms with Gasteiger partial charge in [-0.05, 0) is 110 Å². The van der Waals surface area contributed by atoms with Gasteiger partial charge in [-0.15, -0.1) is 0 Å². The van der Waals surface area contributed by atoms with Gasteiger partial charge in [-0.3, -0.25) is 0 Å². The predicted octanol–water partition coefficient (Wildman–Crippen LogP) is 13.1. The lowest BCUT2D eigenvalue weighted by atomic mass is 9.65. The van der Waals surface area contributed by atoms with Crippen LogP contribution in [0.15, 0.2) is 192 Å². The normalized spacial score (nSPS) is 15.1. The van der Waals surface area contributed by atoms with Crippen LogP contribution in [0.4, 0.5) is 17.1 Å². The quantitative estimate of drug-likeness (QED) is 0.189. The van der Waals surface area contributed by atoms with Crippen molar-refractivity contribution in [2.24, 2.45) is 0 Å². The van der Waals surface area contributed by atoms with E-state index >= 15 is 0 Å². The number of furan rings is 1. The van der Waals surface area contributed by atoms with E-state index in [0.29, 0.717) is 0 Å². The van der Waals surface area contributed by atoms with Crippen LogP contribution in [0, 0.1) is 0 Å². The molecular formula is C49H31NO. The van der Waals surface area contributed by atoms with Crippen LogP contribution in [-0.2, 0) is 5.41 Å². The van der Waals surface area contributed by atoms with Gasteiger partial charge < -0.3 is 9.32 Å². The van der Waals surface area contributed by atoms with Gasteiger partial charge in [0.15, 0.2) is 0 Å². The second kappa shape index (κ2) is 10.7. The molecule has 1 spiro atoms. The van der Waals surface area contributed by atoms with Crippen molar-refractivity contribution < 1.29 is 4.42 Å². The average Bonchev–Trinajstić information content (AvgIpc) is 3.67. The Morgan fingerprint density at radius 1 is 0.314 bits per heavy atom. The lowest BCUT2D eigenvalue weighted by molar-refractivity contribution is 0.666. The molecule has 2 aliphatic carbocycles. The number of rotatable bonds is 3. The number of fused-ring (bicyclic) bond motifs is 15. The Labute approximate surface area is 296 Å². The third-order valence-corrected chi connectivity index (χ3v) is 11.1. The van der Waals surface area contributed by atoms with Crippen LogP contribution in [0.3, 0.4) is 0 Å². The monoisotopic (exact) mass is 649 g/mol. The highest BCUT2D eigenvalue weighted by Gasteiger charge is 2.50. The number of benzene rings is 8. The Morgan fingerprint density at radius 3 is 1.49 bits per heavy atom. The van der Waals surface area contributed by atoms with Crippen LogP contribution in [-0.4, -0.2) is 0 Å². The minimum Gasteiger partial charge on any atom is -0.456 e. The second-order valence-corrected chi connectivity index (χ2v) is 13.6. The van der Waals surface area contributed by atoms with Crippen LogP contribution >= 0.6 is 0 Å². The number of hydrogen-bond donors (Lipinski definition) is 0. The summed E-state index contributed by atoms with van der Waals surface area (Å²) in [7, 11) is 0. The van der Waals surface area contributed by atoms with Gasteiger partial charge >= 0.3 is 0 Å². The van der Waals surface area contributed by atoms with Crippen LogP contribution in [0.2, 0.25) is 0 Å². The predicted molar refractivity (Wildman–Crippen MR) is 210 cm³/mol. The fourth-order valence-electron chi connectivity index (χ4n) is 9.04.